The maximum absolute atomic E-state index is 15.5. The normalized spacial score (nSPS) is 23.2. The average Bonchev–Trinajstić information content (AvgIpc) is 3.02. The lowest BCUT2D eigenvalue weighted by molar-refractivity contribution is 0.0259. The van der Waals surface area contributed by atoms with E-state index in [9.17, 15) is 10.1 Å². The second kappa shape index (κ2) is 9.00. The molecule has 2 aromatic heterocycles. The summed E-state index contributed by atoms with van der Waals surface area (Å²) in [6.45, 7) is 4.58. The number of aryl methyl sites for hydroxylation is 1. The fourth-order valence-electron chi connectivity index (χ4n) is 5.58. The van der Waals surface area contributed by atoms with E-state index >= 15 is 4.39 Å². The Bertz CT molecular complexity index is 1390. The molecule has 7 rings (SSSR count). The molecule has 1 aliphatic carbocycles. The van der Waals surface area contributed by atoms with E-state index in [1.54, 1.807) is 0 Å². The van der Waals surface area contributed by atoms with Crippen molar-refractivity contribution in [3.63, 3.8) is 0 Å². The molecule has 1 amide bonds. The van der Waals surface area contributed by atoms with Gasteiger partial charge in [0, 0.05) is 42.8 Å². The maximum atomic E-state index is 15.5. The van der Waals surface area contributed by atoms with Gasteiger partial charge in [-0.25, -0.2) is 9.37 Å². The molecule has 10 heteroatoms. The lowest BCUT2D eigenvalue weighted by Crippen LogP contribution is -2.45. The molecule has 5 heterocycles. The number of carbonyl (C=O) groups is 1. The van der Waals surface area contributed by atoms with Crippen LogP contribution >= 0.6 is 11.3 Å². The fraction of sp³-hybridized carbons (Fsp3) is 0.423. The largest absolute Gasteiger partial charge is 0.397 e. The molecule has 3 aromatic rings. The van der Waals surface area contributed by atoms with Crippen molar-refractivity contribution in [3.8, 4) is 6.07 Å². The number of anilines is 2. The van der Waals surface area contributed by atoms with Gasteiger partial charge < -0.3 is 26.0 Å². The summed E-state index contributed by atoms with van der Waals surface area (Å²) >= 11 is 1.27. The Hall–Kier alpha value is -3.26. The second-order valence-corrected chi connectivity index (χ2v) is 10.8. The summed E-state index contributed by atoms with van der Waals surface area (Å²) in [6.07, 6.45) is 1.50. The molecule has 3 atom stereocenters. The Balaban J connectivity index is 1.25. The van der Waals surface area contributed by atoms with Crippen LogP contribution in [-0.2, 0) is 17.6 Å². The van der Waals surface area contributed by atoms with Gasteiger partial charge in [0.05, 0.1) is 29.6 Å². The number of ether oxygens (including phenoxy) is 1. The van der Waals surface area contributed by atoms with Gasteiger partial charge in [0.2, 0.25) is 0 Å². The number of rotatable bonds is 3. The highest BCUT2D eigenvalue weighted by atomic mass is 32.1. The van der Waals surface area contributed by atoms with Crippen molar-refractivity contribution in [2.45, 2.75) is 44.4 Å². The van der Waals surface area contributed by atoms with Crippen LogP contribution in [0.1, 0.15) is 38.5 Å². The average molecular weight is 507 g/mol. The molecule has 36 heavy (non-hydrogen) atoms. The summed E-state index contributed by atoms with van der Waals surface area (Å²) in [5, 5.41) is 17.3. The molecule has 0 spiro atoms. The Kier molecular flexibility index (Phi) is 5.79. The van der Waals surface area contributed by atoms with Crippen LogP contribution < -0.4 is 21.3 Å². The number of amides is 1. The molecule has 186 valence electrons. The van der Waals surface area contributed by atoms with Gasteiger partial charge in [0.1, 0.15) is 21.6 Å². The third-order valence-electron chi connectivity index (χ3n) is 7.43. The molecule has 8 nitrogen and oxygen atoms in total. The number of nitrogens with two attached hydrogens (primary N) is 1. The number of pyridine rings is 1. The predicted octanol–water partition coefficient (Wildman–Crippen LogP) is 2.66. The maximum Gasteiger partial charge on any atom is 0.263 e. The summed E-state index contributed by atoms with van der Waals surface area (Å²) in [5.74, 6) is -0.601. The van der Waals surface area contributed by atoms with Crippen LogP contribution in [0.15, 0.2) is 18.2 Å². The van der Waals surface area contributed by atoms with Crippen molar-refractivity contribution in [1.29, 1.82) is 5.26 Å². The quantitative estimate of drug-likeness (QED) is 0.500. The van der Waals surface area contributed by atoms with Crippen LogP contribution in [0.4, 0.5) is 15.8 Å². The summed E-state index contributed by atoms with van der Waals surface area (Å²) in [5.41, 5.74) is 9.98. The number of nitrogens with zero attached hydrogens (tertiary/aromatic N) is 3. The van der Waals surface area contributed by atoms with Crippen LogP contribution in [0, 0.1) is 24.1 Å². The number of halogens is 1. The van der Waals surface area contributed by atoms with Gasteiger partial charge in [0.15, 0.2) is 0 Å². The zero-order chi connectivity index (χ0) is 25.0. The molecule has 3 aliphatic heterocycles. The van der Waals surface area contributed by atoms with Crippen LogP contribution in [0.2, 0.25) is 0 Å². The summed E-state index contributed by atoms with van der Waals surface area (Å²) in [4.78, 5) is 20.8. The molecule has 2 unspecified atom stereocenters. The van der Waals surface area contributed by atoms with Crippen molar-refractivity contribution < 1.29 is 13.9 Å². The lowest BCUT2D eigenvalue weighted by Gasteiger charge is -2.31. The molecule has 4 N–H and O–H groups in total. The van der Waals surface area contributed by atoms with E-state index in [-0.39, 0.29) is 29.9 Å². The monoisotopic (exact) mass is 506 g/mol. The molecule has 0 radical (unpaired) electrons. The fourth-order valence-corrected chi connectivity index (χ4v) is 6.63. The second-order valence-electron chi connectivity index (χ2n) is 9.85. The smallest absolute Gasteiger partial charge is 0.263 e. The topological polar surface area (TPSA) is 116 Å². The van der Waals surface area contributed by atoms with E-state index in [4.69, 9.17) is 10.5 Å². The summed E-state index contributed by atoms with van der Waals surface area (Å²) < 4.78 is 21.3. The molecule has 2 bridgehead atoms. The van der Waals surface area contributed by atoms with Crippen LogP contribution in [-0.4, -0.2) is 55.3 Å². The third kappa shape index (κ3) is 3.97. The number of nitrogen functional groups attached to an aromatic ring is 1. The van der Waals surface area contributed by atoms with E-state index in [2.05, 4.69) is 26.6 Å². The summed E-state index contributed by atoms with van der Waals surface area (Å²) in [7, 11) is 0. The lowest BCUT2D eigenvalue weighted by atomic mass is 9.84. The van der Waals surface area contributed by atoms with Gasteiger partial charge in [0.25, 0.3) is 5.91 Å². The molecule has 4 aliphatic rings. The van der Waals surface area contributed by atoms with E-state index in [1.165, 1.54) is 17.4 Å². The Morgan fingerprint density at radius 3 is 3.03 bits per heavy atom. The highest BCUT2D eigenvalue weighted by molar-refractivity contribution is 7.21. The molecule has 0 saturated carbocycles. The molecular formula is C26H27FN6O2S. The minimum absolute atomic E-state index is 0.0226. The van der Waals surface area contributed by atoms with Gasteiger partial charge in [-0.2, -0.15) is 5.26 Å². The highest BCUT2D eigenvalue weighted by Gasteiger charge is 2.34. The van der Waals surface area contributed by atoms with E-state index in [1.807, 2.05) is 19.1 Å². The minimum Gasteiger partial charge on any atom is -0.397 e. The van der Waals surface area contributed by atoms with E-state index in [0.717, 1.165) is 28.0 Å². The zero-order valence-electron chi connectivity index (χ0n) is 19.9. The van der Waals surface area contributed by atoms with Crippen LogP contribution in [0.3, 0.4) is 0 Å². The Morgan fingerprint density at radius 1 is 1.39 bits per heavy atom. The van der Waals surface area contributed by atoms with Crippen molar-refractivity contribution >= 4 is 38.8 Å². The number of carbonyl (C=O) groups excluding carboxylic acids is 1. The first kappa shape index (κ1) is 23.2. The van der Waals surface area contributed by atoms with Crippen molar-refractivity contribution in [1.82, 2.24) is 15.6 Å². The molecule has 1 aromatic carbocycles. The van der Waals surface area contributed by atoms with Crippen molar-refractivity contribution in [2.75, 3.05) is 36.9 Å². The molecule has 3 fully saturated rings. The van der Waals surface area contributed by atoms with Crippen LogP contribution in [0.5, 0.6) is 0 Å². The van der Waals surface area contributed by atoms with Gasteiger partial charge in [-0.15, -0.1) is 11.3 Å². The first-order chi connectivity index (χ1) is 17.4. The number of aromatic nitrogens is 1. The standard InChI is InChI=1S/C26H27FN6O2S/c1-13-2-4-18-23(29)24(36-26(18)31-13)25(34)32-14-3-5-17-19(6-14)21(27)7-22(20(17)8-28)33-10-15-12-35-16(11-33)9-30-15/h2,4,7,14-16,30H,3,5-6,9-12,29H2,1H3,(H,32,34)/t14-,15?,16?/m0/s1. The number of morpholine rings is 1. The van der Waals surface area contributed by atoms with Gasteiger partial charge >= 0.3 is 0 Å². The Labute approximate surface area is 212 Å². The number of fused-ring (bicyclic) bond motifs is 6. The number of hydrogen-bond acceptors (Lipinski definition) is 8. The zero-order valence-corrected chi connectivity index (χ0v) is 20.8. The predicted molar refractivity (Wildman–Crippen MR) is 137 cm³/mol. The number of nitrogens with one attached hydrogen (secondary N) is 2. The minimum atomic E-state index is -0.329. The van der Waals surface area contributed by atoms with E-state index in [0.29, 0.717) is 66.3 Å². The SMILES string of the molecule is Cc1ccc2c(N)c(C(=O)N[C@H]3CCc4c(C#N)c(N5CC6COC(CN6)C5)cc(F)c4C3)sc2n1. The number of nitriles is 1. The number of thiophene rings is 1. The highest BCUT2D eigenvalue weighted by Crippen LogP contribution is 2.36. The van der Waals surface area contributed by atoms with Gasteiger partial charge in [-0.3, -0.25) is 4.79 Å². The summed E-state index contributed by atoms with van der Waals surface area (Å²) in [6, 6.07) is 7.50. The Morgan fingerprint density at radius 2 is 2.25 bits per heavy atom. The third-order valence-corrected chi connectivity index (χ3v) is 8.54. The van der Waals surface area contributed by atoms with Crippen LogP contribution in [0.25, 0.3) is 10.2 Å². The number of hydrogen-bond donors (Lipinski definition) is 3. The molecular weight excluding hydrogens is 479 g/mol. The first-order valence-electron chi connectivity index (χ1n) is 12.2. The van der Waals surface area contributed by atoms with Gasteiger partial charge in [-0.05, 0) is 55.5 Å². The van der Waals surface area contributed by atoms with E-state index < -0.39 is 0 Å². The first-order valence-corrected chi connectivity index (χ1v) is 13.0. The van der Waals surface area contributed by atoms with Crippen molar-refractivity contribution in [3.05, 3.63) is 51.3 Å². The molecule has 3 saturated heterocycles. The number of benzene rings is 1. The van der Waals surface area contributed by atoms with Gasteiger partial charge in [-0.1, -0.05) is 0 Å². The van der Waals surface area contributed by atoms with Crippen molar-refractivity contribution in [2.24, 2.45) is 0 Å².